The molecular formula is C15H18BrClN4. The van der Waals surface area contributed by atoms with Crippen molar-refractivity contribution < 1.29 is 0 Å². The van der Waals surface area contributed by atoms with E-state index >= 15 is 0 Å². The van der Waals surface area contributed by atoms with Crippen LogP contribution in [0.4, 0.5) is 17.3 Å². The Kier molecular flexibility index (Phi) is 4.74. The van der Waals surface area contributed by atoms with Crippen molar-refractivity contribution in [1.82, 2.24) is 9.97 Å². The summed E-state index contributed by atoms with van der Waals surface area (Å²) in [4.78, 5) is 9.08. The number of hydrogen-bond donors (Lipinski definition) is 2. The highest BCUT2D eigenvalue weighted by atomic mass is 79.9. The Labute approximate surface area is 138 Å². The van der Waals surface area contributed by atoms with Gasteiger partial charge in [0.1, 0.15) is 17.5 Å². The molecule has 0 atom stereocenters. The fourth-order valence-electron chi connectivity index (χ4n) is 1.70. The van der Waals surface area contributed by atoms with Crippen molar-refractivity contribution in [3.8, 4) is 0 Å². The third-order valence-corrected chi connectivity index (χ3v) is 4.08. The van der Waals surface area contributed by atoms with Crippen LogP contribution in [0.15, 0.2) is 28.7 Å². The topological polar surface area (TPSA) is 49.8 Å². The molecule has 21 heavy (non-hydrogen) atoms. The van der Waals surface area contributed by atoms with Crippen molar-refractivity contribution in [3.05, 3.63) is 39.6 Å². The summed E-state index contributed by atoms with van der Waals surface area (Å²) in [5.74, 6) is 2.29. The summed E-state index contributed by atoms with van der Waals surface area (Å²) in [6.45, 7) is 6.26. The van der Waals surface area contributed by atoms with Crippen LogP contribution in [0.1, 0.15) is 26.6 Å². The number of anilines is 3. The van der Waals surface area contributed by atoms with E-state index in [1.807, 2.05) is 31.3 Å². The zero-order valence-corrected chi connectivity index (χ0v) is 14.8. The fraction of sp³-hybridized carbons (Fsp3) is 0.333. The van der Waals surface area contributed by atoms with Crippen LogP contribution in [0.3, 0.4) is 0 Å². The molecule has 1 aromatic carbocycles. The molecule has 2 rings (SSSR count). The maximum atomic E-state index is 6.11. The van der Waals surface area contributed by atoms with E-state index in [0.717, 1.165) is 27.6 Å². The van der Waals surface area contributed by atoms with Crippen LogP contribution in [0.25, 0.3) is 0 Å². The molecule has 0 spiro atoms. The Balaban J connectivity index is 2.36. The number of halogens is 2. The largest absolute Gasteiger partial charge is 0.373 e. The number of aromatic nitrogens is 2. The minimum absolute atomic E-state index is 0.124. The van der Waals surface area contributed by atoms with Crippen LogP contribution >= 0.6 is 27.5 Å². The number of nitrogens with one attached hydrogen (secondary N) is 2. The average Bonchev–Trinajstić information content (AvgIpc) is 2.41. The molecule has 1 aromatic heterocycles. The van der Waals surface area contributed by atoms with E-state index in [1.165, 1.54) is 0 Å². The summed E-state index contributed by atoms with van der Waals surface area (Å²) < 4.78 is 0.865. The lowest BCUT2D eigenvalue weighted by molar-refractivity contribution is 0.547. The van der Waals surface area contributed by atoms with Gasteiger partial charge in [-0.05, 0) is 34.1 Å². The molecule has 0 aliphatic rings. The summed E-state index contributed by atoms with van der Waals surface area (Å²) in [5, 5.41) is 6.98. The quantitative estimate of drug-likeness (QED) is 0.801. The molecule has 0 bridgehead atoms. The molecule has 1 heterocycles. The van der Waals surface area contributed by atoms with Crippen molar-refractivity contribution >= 4 is 44.9 Å². The minimum Gasteiger partial charge on any atom is -0.373 e. The molecule has 0 radical (unpaired) electrons. The number of rotatable bonds is 3. The van der Waals surface area contributed by atoms with Crippen LogP contribution in [0.2, 0.25) is 5.02 Å². The monoisotopic (exact) mass is 368 g/mol. The Morgan fingerprint density at radius 2 is 1.76 bits per heavy atom. The molecule has 0 amide bonds. The lowest BCUT2D eigenvalue weighted by Crippen LogP contribution is -2.17. The molecule has 2 aromatic rings. The molecule has 0 saturated heterocycles. The second kappa shape index (κ2) is 6.20. The van der Waals surface area contributed by atoms with Crippen LogP contribution in [-0.2, 0) is 5.41 Å². The van der Waals surface area contributed by atoms with E-state index in [2.05, 4.69) is 57.3 Å². The molecule has 0 unspecified atom stereocenters. The predicted molar refractivity (Wildman–Crippen MR) is 92.7 cm³/mol. The fourth-order valence-corrected chi connectivity index (χ4v) is 2.12. The van der Waals surface area contributed by atoms with Gasteiger partial charge in [0.2, 0.25) is 0 Å². The second-order valence-electron chi connectivity index (χ2n) is 5.72. The first kappa shape index (κ1) is 16.0. The summed E-state index contributed by atoms with van der Waals surface area (Å²) in [6, 6.07) is 7.55. The lowest BCUT2D eigenvalue weighted by atomic mass is 9.96. The summed E-state index contributed by atoms with van der Waals surface area (Å²) in [6.07, 6.45) is 0. The minimum atomic E-state index is -0.124. The van der Waals surface area contributed by atoms with Gasteiger partial charge in [0.25, 0.3) is 0 Å². The third-order valence-electron chi connectivity index (χ3n) is 2.85. The number of hydrogen-bond acceptors (Lipinski definition) is 4. The Morgan fingerprint density at radius 3 is 2.33 bits per heavy atom. The molecule has 112 valence electrons. The van der Waals surface area contributed by atoms with Crippen molar-refractivity contribution in [2.75, 3.05) is 17.7 Å². The first-order valence-electron chi connectivity index (χ1n) is 6.59. The van der Waals surface area contributed by atoms with Gasteiger partial charge >= 0.3 is 0 Å². The zero-order valence-electron chi connectivity index (χ0n) is 12.5. The Hall–Kier alpha value is -1.33. The van der Waals surface area contributed by atoms with Gasteiger partial charge < -0.3 is 10.6 Å². The van der Waals surface area contributed by atoms with Crippen molar-refractivity contribution in [2.24, 2.45) is 0 Å². The van der Waals surface area contributed by atoms with E-state index in [0.29, 0.717) is 5.02 Å². The second-order valence-corrected chi connectivity index (χ2v) is 6.98. The van der Waals surface area contributed by atoms with Crippen LogP contribution in [0, 0.1) is 0 Å². The SMILES string of the molecule is CNc1cc(Nc2ccc(Br)c(Cl)c2)nc(C(C)(C)C)n1. The molecule has 2 N–H and O–H groups in total. The van der Waals surface area contributed by atoms with E-state index in [9.17, 15) is 0 Å². The molecule has 0 fully saturated rings. The van der Waals surface area contributed by atoms with Crippen LogP contribution < -0.4 is 10.6 Å². The average molecular weight is 370 g/mol. The van der Waals surface area contributed by atoms with Gasteiger partial charge in [-0.3, -0.25) is 0 Å². The van der Waals surface area contributed by atoms with Gasteiger partial charge in [0, 0.05) is 28.7 Å². The van der Waals surface area contributed by atoms with Crippen LogP contribution in [0.5, 0.6) is 0 Å². The number of nitrogens with zero attached hydrogens (tertiary/aromatic N) is 2. The summed E-state index contributed by atoms with van der Waals surface area (Å²) in [5.41, 5.74) is 0.754. The smallest absolute Gasteiger partial charge is 0.138 e. The molecule has 0 saturated carbocycles. The highest BCUT2D eigenvalue weighted by Crippen LogP contribution is 2.28. The normalized spacial score (nSPS) is 11.3. The highest BCUT2D eigenvalue weighted by molar-refractivity contribution is 9.10. The van der Waals surface area contributed by atoms with E-state index in [1.54, 1.807) is 0 Å². The first-order chi connectivity index (χ1) is 9.79. The Bertz CT molecular complexity index is 653. The van der Waals surface area contributed by atoms with Gasteiger partial charge in [0.15, 0.2) is 0 Å². The van der Waals surface area contributed by atoms with Crippen molar-refractivity contribution in [2.45, 2.75) is 26.2 Å². The van der Waals surface area contributed by atoms with Gasteiger partial charge in [-0.2, -0.15) is 0 Å². The summed E-state index contributed by atoms with van der Waals surface area (Å²) in [7, 11) is 1.84. The Morgan fingerprint density at radius 1 is 1.10 bits per heavy atom. The van der Waals surface area contributed by atoms with E-state index < -0.39 is 0 Å². The molecule has 0 aliphatic heterocycles. The standard InChI is InChI=1S/C15H18BrClN4/c1-15(2,3)14-20-12(18-4)8-13(21-14)19-9-5-6-10(16)11(17)7-9/h5-8H,1-4H3,(H2,18,19,20,21). The molecule has 0 aliphatic carbocycles. The van der Waals surface area contributed by atoms with Gasteiger partial charge in [-0.15, -0.1) is 0 Å². The highest BCUT2D eigenvalue weighted by Gasteiger charge is 2.19. The molecular weight excluding hydrogens is 352 g/mol. The van der Waals surface area contributed by atoms with Gasteiger partial charge in [-0.25, -0.2) is 9.97 Å². The molecule has 6 heteroatoms. The predicted octanol–water partition coefficient (Wildman–Crippen LogP) is 4.98. The van der Waals surface area contributed by atoms with E-state index in [4.69, 9.17) is 11.6 Å². The zero-order chi connectivity index (χ0) is 15.6. The van der Waals surface area contributed by atoms with Crippen molar-refractivity contribution in [3.63, 3.8) is 0 Å². The van der Waals surface area contributed by atoms with Gasteiger partial charge in [0.05, 0.1) is 5.02 Å². The maximum absolute atomic E-state index is 6.11. The first-order valence-corrected chi connectivity index (χ1v) is 7.76. The number of benzene rings is 1. The van der Waals surface area contributed by atoms with Crippen molar-refractivity contribution in [1.29, 1.82) is 0 Å². The summed E-state index contributed by atoms with van der Waals surface area (Å²) >= 11 is 9.49. The van der Waals surface area contributed by atoms with Gasteiger partial charge in [-0.1, -0.05) is 32.4 Å². The maximum Gasteiger partial charge on any atom is 0.138 e. The lowest BCUT2D eigenvalue weighted by Gasteiger charge is -2.19. The van der Waals surface area contributed by atoms with Crippen LogP contribution in [-0.4, -0.2) is 17.0 Å². The third kappa shape index (κ3) is 4.08. The van der Waals surface area contributed by atoms with E-state index in [-0.39, 0.29) is 5.41 Å². The molecule has 4 nitrogen and oxygen atoms in total.